The van der Waals surface area contributed by atoms with Gasteiger partial charge in [0.2, 0.25) is 5.91 Å². The van der Waals surface area contributed by atoms with Crippen molar-refractivity contribution in [3.05, 3.63) is 35.9 Å². The number of amides is 1. The molecule has 0 aromatic heterocycles. The number of carbonyl (C=O) groups is 1. The molecule has 0 heterocycles. The first-order valence-corrected chi connectivity index (χ1v) is 6.67. The Kier molecular flexibility index (Phi) is 11.6. The fraction of sp³-hybridized carbons (Fsp3) is 0.533. The van der Waals surface area contributed by atoms with Crippen LogP contribution < -0.4 is 11.1 Å². The van der Waals surface area contributed by atoms with Gasteiger partial charge >= 0.3 is 0 Å². The maximum absolute atomic E-state index is 12.1. The molecule has 0 bridgehead atoms. The lowest BCUT2D eigenvalue weighted by atomic mass is 10.0. The molecule has 4 nitrogen and oxygen atoms in total. The molecule has 3 atom stereocenters. The third kappa shape index (κ3) is 7.67. The second-order valence-electron chi connectivity index (χ2n) is 5.38. The molecule has 0 aliphatic rings. The van der Waals surface area contributed by atoms with Gasteiger partial charge in [0.1, 0.15) is 0 Å². The predicted molar refractivity (Wildman–Crippen MR) is 93.2 cm³/mol. The van der Waals surface area contributed by atoms with E-state index < -0.39 is 0 Å². The molecule has 0 saturated heterocycles. The molecule has 3 unspecified atom stereocenters. The number of rotatable bonds is 6. The van der Waals surface area contributed by atoms with Gasteiger partial charge in [0.25, 0.3) is 0 Å². The first-order valence-electron chi connectivity index (χ1n) is 6.67. The maximum Gasteiger partial charge on any atom is 0.224 e. The Labute approximate surface area is 140 Å². The van der Waals surface area contributed by atoms with Gasteiger partial charge in [-0.1, -0.05) is 37.3 Å². The van der Waals surface area contributed by atoms with Crippen molar-refractivity contribution in [1.29, 1.82) is 0 Å². The third-order valence-electron chi connectivity index (χ3n) is 3.27. The zero-order valence-corrected chi connectivity index (χ0v) is 14.7. The number of nitrogens with two attached hydrogens (primary N) is 1. The molecule has 3 N–H and O–H groups in total. The van der Waals surface area contributed by atoms with Gasteiger partial charge in [-0.2, -0.15) is 0 Å². The molecular weight excluding hydrogens is 309 g/mol. The van der Waals surface area contributed by atoms with Crippen LogP contribution in [0.25, 0.3) is 0 Å². The quantitative estimate of drug-likeness (QED) is 0.838. The highest BCUT2D eigenvalue weighted by Gasteiger charge is 2.21. The highest BCUT2D eigenvalue weighted by molar-refractivity contribution is 5.85. The van der Waals surface area contributed by atoms with E-state index >= 15 is 0 Å². The molecule has 6 heteroatoms. The van der Waals surface area contributed by atoms with E-state index in [4.69, 9.17) is 5.73 Å². The van der Waals surface area contributed by atoms with Crippen LogP contribution in [0.5, 0.6) is 0 Å². The van der Waals surface area contributed by atoms with Crippen LogP contribution in [0.4, 0.5) is 0 Å². The summed E-state index contributed by atoms with van der Waals surface area (Å²) < 4.78 is 0. The van der Waals surface area contributed by atoms with Gasteiger partial charge in [-0.3, -0.25) is 4.79 Å². The van der Waals surface area contributed by atoms with Crippen molar-refractivity contribution in [3.63, 3.8) is 0 Å². The number of likely N-dealkylation sites (N-methyl/N-ethyl adjacent to an activating group) is 1. The van der Waals surface area contributed by atoms with Crippen LogP contribution in [-0.2, 0) is 4.79 Å². The number of benzene rings is 1. The molecule has 0 fully saturated rings. The van der Waals surface area contributed by atoms with Crippen LogP contribution in [0.3, 0.4) is 0 Å². The van der Waals surface area contributed by atoms with Gasteiger partial charge in [-0.25, -0.2) is 0 Å². The average Bonchev–Trinajstić information content (AvgIpc) is 2.37. The fourth-order valence-electron chi connectivity index (χ4n) is 1.83. The molecule has 1 rings (SSSR count). The van der Waals surface area contributed by atoms with Gasteiger partial charge in [0, 0.05) is 18.5 Å². The van der Waals surface area contributed by atoms with Gasteiger partial charge < -0.3 is 16.0 Å². The zero-order chi connectivity index (χ0) is 14.4. The molecule has 0 aliphatic heterocycles. The Morgan fingerprint density at radius 3 is 2.14 bits per heavy atom. The Bertz CT molecular complexity index is 399. The molecular formula is C15H27Cl2N3O. The van der Waals surface area contributed by atoms with Gasteiger partial charge in [-0.15, -0.1) is 24.8 Å². The van der Waals surface area contributed by atoms with E-state index in [1.54, 1.807) is 0 Å². The highest BCUT2D eigenvalue weighted by atomic mass is 35.5. The summed E-state index contributed by atoms with van der Waals surface area (Å²) in [7, 11) is 3.99. The number of hydrogen-bond donors (Lipinski definition) is 2. The minimum atomic E-state index is -0.187. The van der Waals surface area contributed by atoms with Gasteiger partial charge in [0.15, 0.2) is 0 Å². The van der Waals surface area contributed by atoms with Crippen LogP contribution in [0, 0.1) is 5.92 Å². The van der Waals surface area contributed by atoms with E-state index in [-0.39, 0.29) is 48.7 Å². The molecule has 0 spiro atoms. The fourth-order valence-corrected chi connectivity index (χ4v) is 1.83. The molecule has 1 aromatic rings. The second-order valence-corrected chi connectivity index (χ2v) is 5.38. The smallest absolute Gasteiger partial charge is 0.224 e. The van der Waals surface area contributed by atoms with E-state index in [9.17, 15) is 4.79 Å². The molecule has 21 heavy (non-hydrogen) atoms. The summed E-state index contributed by atoms with van der Waals surface area (Å²) in [5, 5.41) is 3.09. The van der Waals surface area contributed by atoms with Crippen LogP contribution in [0.1, 0.15) is 25.5 Å². The van der Waals surface area contributed by atoms with Crippen molar-refractivity contribution < 1.29 is 4.79 Å². The molecule has 0 aliphatic carbocycles. The van der Waals surface area contributed by atoms with E-state index in [2.05, 4.69) is 10.2 Å². The number of carbonyl (C=O) groups excluding carboxylic acids is 1. The van der Waals surface area contributed by atoms with E-state index in [0.29, 0.717) is 0 Å². The standard InChI is InChI=1S/C15H25N3O.2ClH/c1-11(12(2)16)15(19)17-14(10-18(3)4)13-8-6-5-7-9-13;;/h5-9,11-12,14H,10,16H2,1-4H3,(H,17,19);2*1H. The predicted octanol–water partition coefficient (Wildman–Crippen LogP) is 2.23. The maximum atomic E-state index is 12.1. The number of nitrogens with zero attached hydrogens (tertiary/aromatic N) is 1. The summed E-state index contributed by atoms with van der Waals surface area (Å²) in [5.41, 5.74) is 6.89. The lowest BCUT2D eigenvalue weighted by Crippen LogP contribution is -2.42. The summed E-state index contributed by atoms with van der Waals surface area (Å²) in [6.45, 7) is 4.48. The summed E-state index contributed by atoms with van der Waals surface area (Å²) in [4.78, 5) is 14.2. The Morgan fingerprint density at radius 1 is 1.19 bits per heavy atom. The average molecular weight is 336 g/mol. The van der Waals surface area contributed by atoms with Crippen molar-refractivity contribution in [2.45, 2.75) is 25.9 Å². The van der Waals surface area contributed by atoms with E-state index in [1.165, 1.54) is 0 Å². The zero-order valence-electron chi connectivity index (χ0n) is 13.1. The summed E-state index contributed by atoms with van der Waals surface area (Å²) in [6, 6.07) is 9.86. The largest absolute Gasteiger partial charge is 0.348 e. The molecule has 1 amide bonds. The molecule has 122 valence electrons. The monoisotopic (exact) mass is 335 g/mol. The lowest BCUT2D eigenvalue weighted by molar-refractivity contribution is -0.125. The normalized spacial score (nSPS) is 14.4. The minimum absolute atomic E-state index is 0. The van der Waals surface area contributed by atoms with Gasteiger partial charge in [0.05, 0.1) is 6.04 Å². The van der Waals surface area contributed by atoms with E-state index in [0.717, 1.165) is 12.1 Å². The van der Waals surface area contributed by atoms with Crippen molar-refractivity contribution >= 4 is 30.7 Å². The molecule has 1 aromatic carbocycles. The van der Waals surface area contributed by atoms with Crippen molar-refractivity contribution in [1.82, 2.24) is 10.2 Å². The van der Waals surface area contributed by atoms with Crippen molar-refractivity contribution in [2.24, 2.45) is 11.7 Å². The minimum Gasteiger partial charge on any atom is -0.348 e. The first kappa shape index (κ1) is 22.5. The van der Waals surface area contributed by atoms with Crippen molar-refractivity contribution in [3.8, 4) is 0 Å². The first-order chi connectivity index (χ1) is 8.91. The van der Waals surface area contributed by atoms with Gasteiger partial charge in [-0.05, 0) is 26.6 Å². The Balaban J connectivity index is 0. The number of hydrogen-bond acceptors (Lipinski definition) is 3. The summed E-state index contributed by atoms with van der Waals surface area (Å²) in [5.74, 6) is -0.181. The third-order valence-corrected chi connectivity index (χ3v) is 3.27. The second kappa shape index (κ2) is 10.9. The molecule has 0 radical (unpaired) electrons. The summed E-state index contributed by atoms with van der Waals surface area (Å²) in [6.07, 6.45) is 0. The Morgan fingerprint density at radius 2 is 1.71 bits per heavy atom. The highest BCUT2D eigenvalue weighted by Crippen LogP contribution is 2.14. The topological polar surface area (TPSA) is 58.4 Å². The number of nitrogens with one attached hydrogen (secondary N) is 1. The SMILES string of the molecule is CC(N)C(C)C(=O)NC(CN(C)C)c1ccccc1.Cl.Cl. The van der Waals surface area contributed by atoms with Crippen LogP contribution in [0.15, 0.2) is 30.3 Å². The molecule has 0 saturated carbocycles. The summed E-state index contributed by atoms with van der Waals surface area (Å²) >= 11 is 0. The van der Waals surface area contributed by atoms with Crippen molar-refractivity contribution in [2.75, 3.05) is 20.6 Å². The van der Waals surface area contributed by atoms with Crippen LogP contribution in [-0.4, -0.2) is 37.5 Å². The van der Waals surface area contributed by atoms with Crippen LogP contribution in [0.2, 0.25) is 0 Å². The van der Waals surface area contributed by atoms with E-state index in [1.807, 2.05) is 58.3 Å². The van der Waals surface area contributed by atoms with Crippen LogP contribution >= 0.6 is 24.8 Å². The Hall–Kier alpha value is -0.810. The number of halogens is 2. The lowest BCUT2D eigenvalue weighted by Gasteiger charge is -2.25.